The highest BCUT2D eigenvalue weighted by molar-refractivity contribution is 9.10. The summed E-state index contributed by atoms with van der Waals surface area (Å²) in [4.78, 5) is 11.9. The molecule has 0 aliphatic carbocycles. The molecule has 0 radical (unpaired) electrons. The van der Waals surface area contributed by atoms with Gasteiger partial charge in [0.25, 0.3) is 0 Å². The molecule has 0 unspecified atom stereocenters. The maximum absolute atomic E-state index is 13.7. The van der Waals surface area contributed by atoms with E-state index in [0.29, 0.717) is 23.7 Å². The molecule has 0 atom stereocenters. The van der Waals surface area contributed by atoms with Gasteiger partial charge in [0.15, 0.2) is 5.82 Å². The van der Waals surface area contributed by atoms with Crippen LogP contribution in [0.1, 0.15) is 13.8 Å². The van der Waals surface area contributed by atoms with E-state index in [0.717, 1.165) is 17.8 Å². The Morgan fingerprint density at radius 2 is 2.17 bits per heavy atom. The van der Waals surface area contributed by atoms with Crippen LogP contribution in [-0.4, -0.2) is 31.9 Å². The van der Waals surface area contributed by atoms with E-state index in [1.54, 1.807) is 4.68 Å². The molecule has 1 amide bonds. The van der Waals surface area contributed by atoms with Gasteiger partial charge in [-0.3, -0.25) is 4.79 Å². The molecule has 1 aromatic heterocycles. The van der Waals surface area contributed by atoms with Crippen molar-refractivity contribution >= 4 is 39.3 Å². The number of nitrogens with zero attached hydrogens (tertiary/aromatic N) is 4. The Bertz CT molecular complexity index is 686. The lowest BCUT2D eigenvalue weighted by atomic mass is 10.2. The van der Waals surface area contributed by atoms with Crippen LogP contribution in [0.4, 0.5) is 14.5 Å². The minimum Gasteiger partial charge on any atom is -0.322 e. The second-order valence-electron chi connectivity index (χ2n) is 5.12. The highest BCUT2D eigenvalue weighted by Crippen LogP contribution is 2.27. The van der Waals surface area contributed by atoms with Gasteiger partial charge in [0.05, 0.1) is 11.4 Å². The van der Waals surface area contributed by atoms with Crippen LogP contribution in [-0.2, 0) is 11.3 Å². The normalized spacial score (nSPS) is 11.0. The van der Waals surface area contributed by atoms with Crippen molar-refractivity contribution in [2.45, 2.75) is 25.5 Å². The predicted molar refractivity (Wildman–Crippen MR) is 86.1 cm³/mol. The lowest BCUT2D eigenvalue weighted by Crippen LogP contribution is -2.16. The fraction of sp³-hybridized carbons (Fsp3) is 0.385. The van der Waals surface area contributed by atoms with Crippen molar-refractivity contribution in [2.75, 3.05) is 11.1 Å². The monoisotopic (exact) mass is 405 g/mol. The van der Waals surface area contributed by atoms with Crippen LogP contribution >= 0.6 is 27.7 Å². The number of halogens is 3. The van der Waals surface area contributed by atoms with Crippen molar-refractivity contribution < 1.29 is 13.6 Å². The predicted octanol–water partition coefficient (Wildman–Crippen LogP) is 3.10. The summed E-state index contributed by atoms with van der Waals surface area (Å²) in [6, 6.07) is 1.78. The van der Waals surface area contributed by atoms with E-state index in [-0.39, 0.29) is 15.9 Å². The van der Waals surface area contributed by atoms with E-state index in [4.69, 9.17) is 0 Å². The first-order valence-corrected chi connectivity index (χ1v) is 8.48. The molecule has 0 saturated carbocycles. The van der Waals surface area contributed by atoms with Gasteiger partial charge < -0.3 is 5.32 Å². The van der Waals surface area contributed by atoms with Crippen LogP contribution in [0.25, 0.3) is 0 Å². The zero-order chi connectivity index (χ0) is 17.0. The van der Waals surface area contributed by atoms with Gasteiger partial charge in [0.2, 0.25) is 11.1 Å². The van der Waals surface area contributed by atoms with Gasteiger partial charge in [-0.05, 0) is 38.3 Å². The molecule has 0 bridgehead atoms. The molecule has 0 fully saturated rings. The fourth-order valence-electron chi connectivity index (χ4n) is 1.73. The summed E-state index contributed by atoms with van der Waals surface area (Å²) in [6.07, 6.45) is 0. The zero-order valence-corrected chi connectivity index (χ0v) is 14.8. The van der Waals surface area contributed by atoms with Gasteiger partial charge in [0.1, 0.15) is 5.82 Å². The average molecular weight is 406 g/mol. The van der Waals surface area contributed by atoms with Crippen LogP contribution in [0.2, 0.25) is 0 Å². The standard InChI is InChI=1S/C13H14BrF2N5OS/c1-7(2)5-21-13(18-19-20-21)23-6-11(22)17-12-9(14)3-8(15)4-10(12)16/h3-4,7H,5-6H2,1-2H3,(H,17,22). The Kier molecular flexibility index (Phi) is 6.05. The molecule has 23 heavy (non-hydrogen) atoms. The van der Waals surface area contributed by atoms with Crippen molar-refractivity contribution in [3.63, 3.8) is 0 Å². The molecule has 0 saturated heterocycles. The summed E-state index contributed by atoms with van der Waals surface area (Å²) in [7, 11) is 0. The minimum atomic E-state index is -0.847. The Hall–Kier alpha value is -1.55. The summed E-state index contributed by atoms with van der Waals surface area (Å²) >= 11 is 4.16. The molecule has 1 aromatic carbocycles. The van der Waals surface area contributed by atoms with E-state index < -0.39 is 17.5 Å². The van der Waals surface area contributed by atoms with Crippen LogP contribution in [0.5, 0.6) is 0 Å². The number of rotatable bonds is 6. The quantitative estimate of drug-likeness (QED) is 0.747. The third kappa shape index (κ3) is 4.96. The SMILES string of the molecule is CC(C)Cn1nnnc1SCC(=O)Nc1c(F)cc(F)cc1Br. The van der Waals surface area contributed by atoms with E-state index in [1.807, 2.05) is 13.8 Å². The maximum atomic E-state index is 13.7. The number of hydrogen-bond acceptors (Lipinski definition) is 5. The lowest BCUT2D eigenvalue weighted by Gasteiger charge is -2.09. The van der Waals surface area contributed by atoms with E-state index in [2.05, 4.69) is 36.8 Å². The third-order valence-corrected chi connectivity index (χ3v) is 4.22. The molecule has 1 heterocycles. The summed E-state index contributed by atoms with van der Waals surface area (Å²) in [6.45, 7) is 4.68. The van der Waals surface area contributed by atoms with Crippen LogP contribution in [0.15, 0.2) is 21.8 Å². The van der Waals surface area contributed by atoms with E-state index >= 15 is 0 Å². The molecule has 2 rings (SSSR count). The summed E-state index contributed by atoms with van der Waals surface area (Å²) < 4.78 is 28.4. The second kappa shape index (κ2) is 7.82. The lowest BCUT2D eigenvalue weighted by molar-refractivity contribution is -0.113. The Morgan fingerprint density at radius 3 is 2.83 bits per heavy atom. The number of hydrogen-bond donors (Lipinski definition) is 1. The van der Waals surface area contributed by atoms with E-state index in [9.17, 15) is 13.6 Å². The van der Waals surface area contributed by atoms with E-state index in [1.165, 1.54) is 0 Å². The molecular weight excluding hydrogens is 392 g/mol. The highest BCUT2D eigenvalue weighted by atomic mass is 79.9. The number of carbonyl (C=O) groups excluding carboxylic acids is 1. The Balaban J connectivity index is 1.97. The molecule has 124 valence electrons. The van der Waals surface area contributed by atoms with Crippen molar-refractivity contribution in [1.82, 2.24) is 20.2 Å². The number of benzene rings is 1. The topological polar surface area (TPSA) is 72.7 Å². The van der Waals surface area contributed by atoms with Crippen molar-refractivity contribution in [3.05, 3.63) is 28.2 Å². The number of carbonyl (C=O) groups is 1. The molecule has 10 heteroatoms. The van der Waals surface area contributed by atoms with Crippen LogP contribution in [0, 0.1) is 17.6 Å². The number of nitrogens with one attached hydrogen (secondary N) is 1. The summed E-state index contributed by atoms with van der Waals surface area (Å²) in [5.74, 6) is -1.66. The maximum Gasteiger partial charge on any atom is 0.234 e. The molecule has 2 aromatic rings. The molecular formula is C13H14BrF2N5OS. The number of tetrazole rings is 1. The Morgan fingerprint density at radius 1 is 1.43 bits per heavy atom. The summed E-state index contributed by atoms with van der Waals surface area (Å²) in [5, 5.41) is 14.2. The molecule has 0 aliphatic heterocycles. The average Bonchev–Trinajstić information content (AvgIpc) is 2.87. The second-order valence-corrected chi connectivity index (χ2v) is 6.92. The first-order chi connectivity index (χ1) is 10.9. The van der Waals surface area contributed by atoms with Crippen molar-refractivity contribution in [3.8, 4) is 0 Å². The minimum absolute atomic E-state index is 0.00171. The van der Waals surface area contributed by atoms with Crippen LogP contribution < -0.4 is 5.32 Å². The molecule has 6 nitrogen and oxygen atoms in total. The van der Waals surface area contributed by atoms with Crippen molar-refractivity contribution in [2.24, 2.45) is 5.92 Å². The van der Waals surface area contributed by atoms with Gasteiger partial charge in [-0.15, -0.1) is 5.10 Å². The van der Waals surface area contributed by atoms with Gasteiger partial charge >= 0.3 is 0 Å². The van der Waals surface area contributed by atoms with Gasteiger partial charge in [-0.2, -0.15) is 0 Å². The van der Waals surface area contributed by atoms with Gasteiger partial charge in [0, 0.05) is 17.1 Å². The van der Waals surface area contributed by atoms with Gasteiger partial charge in [-0.25, -0.2) is 13.5 Å². The highest BCUT2D eigenvalue weighted by Gasteiger charge is 2.15. The fourth-order valence-corrected chi connectivity index (χ4v) is 2.92. The largest absolute Gasteiger partial charge is 0.322 e. The summed E-state index contributed by atoms with van der Waals surface area (Å²) in [5.41, 5.74) is -0.0984. The number of amides is 1. The Labute approximate surface area is 144 Å². The smallest absolute Gasteiger partial charge is 0.234 e. The van der Waals surface area contributed by atoms with Gasteiger partial charge in [-0.1, -0.05) is 25.6 Å². The molecule has 0 aliphatic rings. The third-order valence-electron chi connectivity index (χ3n) is 2.64. The first-order valence-electron chi connectivity index (χ1n) is 6.70. The van der Waals surface area contributed by atoms with Crippen LogP contribution in [0.3, 0.4) is 0 Å². The molecule has 1 N–H and O–H groups in total. The number of aromatic nitrogens is 4. The first kappa shape index (κ1) is 17.8. The number of anilines is 1. The molecule has 0 spiro atoms. The zero-order valence-electron chi connectivity index (χ0n) is 12.4. The number of thioether (sulfide) groups is 1. The van der Waals surface area contributed by atoms with Crippen molar-refractivity contribution in [1.29, 1.82) is 0 Å².